The van der Waals surface area contributed by atoms with Gasteiger partial charge >= 0.3 is 5.69 Å². The van der Waals surface area contributed by atoms with E-state index in [9.17, 15) is 19.2 Å². The van der Waals surface area contributed by atoms with Gasteiger partial charge in [0.25, 0.3) is 11.5 Å². The number of methoxy groups -OCH3 is 1. The normalized spacial score (nSPS) is 14.4. The fourth-order valence-corrected chi connectivity index (χ4v) is 5.53. The highest BCUT2D eigenvalue weighted by atomic mass is 35.5. The van der Waals surface area contributed by atoms with Crippen molar-refractivity contribution < 1.29 is 14.3 Å². The highest BCUT2D eigenvalue weighted by Gasteiger charge is 2.22. The van der Waals surface area contributed by atoms with Crippen LogP contribution in [-0.2, 0) is 25.4 Å². The van der Waals surface area contributed by atoms with Crippen molar-refractivity contribution in [2.24, 2.45) is 14.1 Å². The van der Waals surface area contributed by atoms with E-state index in [1.807, 2.05) is 0 Å². The molecule has 3 heterocycles. The molecule has 4 aromatic rings. The van der Waals surface area contributed by atoms with E-state index in [1.54, 1.807) is 42.6 Å². The Morgan fingerprint density at radius 3 is 2.48 bits per heavy atom. The predicted octanol–water partition coefficient (Wildman–Crippen LogP) is 3.14. The fraction of sp³-hybridized carbons (Fsp3) is 0.267. The summed E-state index contributed by atoms with van der Waals surface area (Å²) in [7, 11) is 4.26. The zero-order chi connectivity index (χ0) is 31.5. The third-order valence-corrected chi connectivity index (χ3v) is 8.09. The maximum absolute atomic E-state index is 13.0. The molecule has 5 rings (SSSR count). The highest BCUT2D eigenvalue weighted by Crippen LogP contribution is 2.41. The number of ether oxygens (including phenoxy) is 1. The summed E-state index contributed by atoms with van der Waals surface area (Å²) in [6.07, 6.45) is 4.11. The average Bonchev–Trinajstić information content (AvgIpc) is 3.44. The van der Waals surface area contributed by atoms with Crippen LogP contribution in [-0.4, -0.2) is 50.6 Å². The summed E-state index contributed by atoms with van der Waals surface area (Å²) in [5.74, 6) is -0.326. The number of amides is 2. The Kier molecular flexibility index (Phi) is 9.14. The summed E-state index contributed by atoms with van der Waals surface area (Å²) in [4.78, 5) is 58.2. The van der Waals surface area contributed by atoms with Crippen LogP contribution in [0.15, 0.2) is 58.4 Å². The van der Waals surface area contributed by atoms with Crippen LogP contribution in [0.4, 0.5) is 5.69 Å². The Hall–Kier alpha value is -4.52. The fourth-order valence-electron chi connectivity index (χ4n) is 4.93. The van der Waals surface area contributed by atoms with Crippen LogP contribution < -0.4 is 31.9 Å². The zero-order valence-electron chi connectivity index (χ0n) is 24.1. The number of hydrogen-bond acceptors (Lipinski definition) is 8. The van der Waals surface area contributed by atoms with Crippen molar-refractivity contribution in [3.05, 3.63) is 90.9 Å². The lowest BCUT2D eigenvalue weighted by molar-refractivity contribution is -0.119. The molecule has 1 aliphatic heterocycles. The number of halogens is 2. The number of rotatable bonds is 9. The van der Waals surface area contributed by atoms with E-state index in [1.165, 1.54) is 27.4 Å². The first-order valence-electron chi connectivity index (χ1n) is 13.6. The second-order valence-corrected chi connectivity index (χ2v) is 11.0. The molecule has 0 aliphatic carbocycles. The predicted molar refractivity (Wildman–Crippen MR) is 167 cm³/mol. The van der Waals surface area contributed by atoms with E-state index in [4.69, 9.17) is 27.9 Å². The molecule has 0 saturated carbocycles. The number of carbonyl (C=O) groups excluding carboxylic acids is 2. The number of anilines is 1. The van der Waals surface area contributed by atoms with Crippen molar-refractivity contribution >= 4 is 40.7 Å². The van der Waals surface area contributed by atoms with Gasteiger partial charge in [0.1, 0.15) is 11.3 Å². The molecular formula is C30H29Cl2N7O5. The molecule has 0 bridgehead atoms. The van der Waals surface area contributed by atoms with E-state index in [-0.39, 0.29) is 28.2 Å². The molecule has 0 radical (unpaired) electrons. The van der Waals surface area contributed by atoms with Crippen LogP contribution in [0.25, 0.3) is 22.4 Å². The molecule has 0 unspecified atom stereocenters. The van der Waals surface area contributed by atoms with Gasteiger partial charge < -0.3 is 25.3 Å². The lowest BCUT2D eigenvalue weighted by Gasteiger charge is -2.15. The van der Waals surface area contributed by atoms with Crippen LogP contribution in [0.3, 0.4) is 0 Å². The van der Waals surface area contributed by atoms with Crippen molar-refractivity contribution in [1.29, 1.82) is 0 Å². The van der Waals surface area contributed by atoms with Crippen molar-refractivity contribution in [1.82, 2.24) is 29.7 Å². The van der Waals surface area contributed by atoms with Crippen molar-refractivity contribution in [3.8, 4) is 28.3 Å². The minimum Gasteiger partial charge on any atom is -0.480 e. The summed E-state index contributed by atoms with van der Waals surface area (Å²) in [6, 6.07) is 10.5. The SMILES string of the molecule is COc1nc(-c2cccc(-c3cccc(NC(=O)c4cn(C)c(=O)n(C)c4=O)c3Cl)c2Cl)cnc1CNC[C@H]1CCC(=O)N1. The van der Waals surface area contributed by atoms with Gasteiger partial charge in [-0.1, -0.05) is 53.5 Å². The molecule has 0 spiro atoms. The first-order chi connectivity index (χ1) is 21.1. The highest BCUT2D eigenvalue weighted by molar-refractivity contribution is 6.39. The van der Waals surface area contributed by atoms with Gasteiger partial charge in [-0.2, -0.15) is 0 Å². The number of nitrogens with zero attached hydrogens (tertiary/aromatic N) is 4. The quantitative estimate of drug-likeness (QED) is 0.253. The van der Waals surface area contributed by atoms with Crippen molar-refractivity contribution in [3.63, 3.8) is 0 Å². The standard InChI is InChI=1S/C30H29Cl2N7O5/c1-38-15-20(29(42)39(2)30(38)43)27(41)36-21-9-5-7-18(26(21)32)17-6-4-8-19(25(17)31)22-14-34-23(28(37-22)44-3)13-33-12-16-10-11-24(40)35-16/h4-9,14-16,33H,10-13H2,1-3H3,(H,35,40)(H,36,41)/t16-/m1/s1. The third kappa shape index (κ3) is 6.23. The van der Waals surface area contributed by atoms with Crippen molar-refractivity contribution in [2.45, 2.75) is 25.4 Å². The molecule has 14 heteroatoms. The average molecular weight is 639 g/mol. The van der Waals surface area contributed by atoms with E-state index in [0.29, 0.717) is 58.5 Å². The number of carbonyl (C=O) groups is 2. The summed E-state index contributed by atoms with van der Waals surface area (Å²) in [5, 5.41) is 9.42. The number of aryl methyl sites for hydroxylation is 1. The van der Waals surface area contributed by atoms with Gasteiger partial charge in [-0.3, -0.25) is 23.9 Å². The van der Waals surface area contributed by atoms with Crippen LogP contribution in [0.5, 0.6) is 5.88 Å². The molecule has 2 aromatic carbocycles. The van der Waals surface area contributed by atoms with Crippen LogP contribution >= 0.6 is 23.2 Å². The third-order valence-electron chi connectivity index (χ3n) is 7.28. The van der Waals surface area contributed by atoms with E-state index in [0.717, 1.165) is 15.6 Å². The Morgan fingerprint density at radius 2 is 1.77 bits per heavy atom. The summed E-state index contributed by atoms with van der Waals surface area (Å²) < 4.78 is 7.52. The molecule has 228 valence electrons. The first-order valence-corrected chi connectivity index (χ1v) is 14.4. The lowest BCUT2D eigenvalue weighted by Crippen LogP contribution is -2.40. The van der Waals surface area contributed by atoms with Crippen LogP contribution in [0.2, 0.25) is 10.0 Å². The number of aromatic nitrogens is 4. The minimum atomic E-state index is -0.728. The van der Waals surface area contributed by atoms with Crippen LogP contribution in [0.1, 0.15) is 28.9 Å². The summed E-state index contributed by atoms with van der Waals surface area (Å²) in [5.41, 5.74) is 1.54. The Balaban J connectivity index is 1.40. The molecular weight excluding hydrogens is 609 g/mol. The molecule has 2 amide bonds. The molecule has 3 N–H and O–H groups in total. The molecule has 1 saturated heterocycles. The maximum atomic E-state index is 13.0. The molecule has 1 fully saturated rings. The molecule has 1 aliphatic rings. The van der Waals surface area contributed by atoms with E-state index in [2.05, 4.69) is 25.9 Å². The smallest absolute Gasteiger partial charge is 0.330 e. The summed E-state index contributed by atoms with van der Waals surface area (Å²) in [6.45, 7) is 1.00. The topological polar surface area (TPSA) is 149 Å². The minimum absolute atomic E-state index is 0.0591. The maximum Gasteiger partial charge on any atom is 0.330 e. The van der Waals surface area contributed by atoms with Gasteiger partial charge in [-0.15, -0.1) is 0 Å². The molecule has 1 atom stereocenters. The Morgan fingerprint density at radius 1 is 1.07 bits per heavy atom. The number of nitrogens with one attached hydrogen (secondary N) is 3. The lowest BCUT2D eigenvalue weighted by atomic mass is 10.0. The van der Waals surface area contributed by atoms with Crippen molar-refractivity contribution in [2.75, 3.05) is 19.0 Å². The van der Waals surface area contributed by atoms with E-state index >= 15 is 0 Å². The summed E-state index contributed by atoms with van der Waals surface area (Å²) >= 11 is 13.7. The molecule has 44 heavy (non-hydrogen) atoms. The van der Waals surface area contributed by atoms with Gasteiger partial charge in [-0.05, 0) is 12.5 Å². The van der Waals surface area contributed by atoms with Gasteiger partial charge in [0, 0.05) is 62.5 Å². The Bertz CT molecular complexity index is 1890. The van der Waals surface area contributed by atoms with Crippen LogP contribution in [0, 0.1) is 0 Å². The number of benzene rings is 2. The zero-order valence-corrected chi connectivity index (χ0v) is 25.6. The molecule has 2 aromatic heterocycles. The molecule has 12 nitrogen and oxygen atoms in total. The largest absolute Gasteiger partial charge is 0.480 e. The van der Waals surface area contributed by atoms with E-state index < -0.39 is 17.2 Å². The van der Waals surface area contributed by atoms with Gasteiger partial charge in [0.15, 0.2) is 0 Å². The van der Waals surface area contributed by atoms with Gasteiger partial charge in [0.05, 0.1) is 34.7 Å². The second kappa shape index (κ2) is 13.0. The first kappa shape index (κ1) is 30.9. The number of hydrogen-bond donors (Lipinski definition) is 3. The Labute approximate surface area is 262 Å². The van der Waals surface area contributed by atoms with Gasteiger partial charge in [-0.25, -0.2) is 9.78 Å². The van der Waals surface area contributed by atoms with Gasteiger partial charge in [0.2, 0.25) is 11.8 Å². The second-order valence-electron chi connectivity index (χ2n) is 10.2. The monoisotopic (exact) mass is 637 g/mol.